The summed E-state index contributed by atoms with van der Waals surface area (Å²) >= 11 is 0. The van der Waals surface area contributed by atoms with Crippen LogP contribution in [0.25, 0.3) is 0 Å². The topological polar surface area (TPSA) is 20.2 Å². The van der Waals surface area contributed by atoms with Crippen LogP contribution in [-0.2, 0) is 0 Å². The van der Waals surface area contributed by atoms with Gasteiger partial charge in [0.15, 0.2) is 0 Å². The van der Waals surface area contributed by atoms with Crippen LogP contribution in [0.4, 0.5) is 0 Å². The first-order chi connectivity index (χ1) is 14.5. The zero-order valence-corrected chi connectivity index (χ0v) is 22.0. The van der Waals surface area contributed by atoms with Crippen LogP contribution in [0.1, 0.15) is 113 Å². The molecule has 0 amide bonds. The lowest BCUT2D eigenvalue weighted by atomic mass is 9.43. The van der Waals surface area contributed by atoms with Gasteiger partial charge < -0.3 is 5.11 Å². The number of aliphatic hydroxyl groups excluding tert-OH is 1. The van der Waals surface area contributed by atoms with Gasteiger partial charge in [-0.05, 0) is 123 Å². The molecule has 1 nitrogen and oxygen atoms in total. The second-order valence-electron chi connectivity index (χ2n) is 13.6. The van der Waals surface area contributed by atoms with E-state index in [-0.39, 0.29) is 6.10 Å². The van der Waals surface area contributed by atoms with E-state index < -0.39 is 0 Å². The van der Waals surface area contributed by atoms with E-state index in [0.717, 1.165) is 47.8 Å². The van der Waals surface area contributed by atoms with E-state index in [0.29, 0.717) is 16.7 Å². The molecule has 4 aliphatic carbocycles. The molecule has 1 heteroatoms. The Labute approximate surface area is 193 Å². The Kier molecular flexibility index (Phi) is 6.53. The van der Waals surface area contributed by atoms with Gasteiger partial charge in [0, 0.05) is 0 Å². The van der Waals surface area contributed by atoms with Crippen LogP contribution in [0.5, 0.6) is 0 Å². The molecule has 0 aromatic rings. The number of rotatable bonds is 4. The van der Waals surface area contributed by atoms with Crippen LogP contribution in [0.15, 0.2) is 11.1 Å². The Morgan fingerprint density at radius 2 is 1.65 bits per heavy atom. The molecule has 4 fully saturated rings. The fraction of sp³-hybridized carbons (Fsp3) is 0.933. The first-order valence-electron chi connectivity index (χ1n) is 13.9. The molecule has 0 bridgehead atoms. The summed E-state index contributed by atoms with van der Waals surface area (Å²) in [4.78, 5) is 0. The van der Waals surface area contributed by atoms with Crippen molar-refractivity contribution >= 4 is 0 Å². The lowest BCUT2D eigenvalue weighted by Gasteiger charge is -2.62. The molecule has 4 rings (SSSR count). The zero-order valence-electron chi connectivity index (χ0n) is 22.0. The Morgan fingerprint density at radius 3 is 2.32 bits per heavy atom. The van der Waals surface area contributed by atoms with Crippen LogP contribution in [-0.4, -0.2) is 11.2 Å². The van der Waals surface area contributed by atoms with E-state index in [1.165, 1.54) is 51.4 Å². The van der Waals surface area contributed by atoms with Crippen molar-refractivity contribution < 1.29 is 5.11 Å². The molecule has 4 aliphatic rings. The highest BCUT2D eigenvalue weighted by molar-refractivity contribution is 5.28. The maximum atomic E-state index is 10.6. The van der Waals surface area contributed by atoms with Gasteiger partial charge in [0.1, 0.15) is 0 Å². The predicted molar refractivity (Wildman–Crippen MR) is 133 cm³/mol. The molecule has 0 unspecified atom stereocenters. The van der Waals surface area contributed by atoms with Crippen LogP contribution >= 0.6 is 0 Å². The quantitative estimate of drug-likeness (QED) is 0.447. The molecule has 0 aliphatic heterocycles. The molecule has 0 heterocycles. The van der Waals surface area contributed by atoms with Crippen LogP contribution in [0.3, 0.4) is 0 Å². The molecule has 10 atom stereocenters. The summed E-state index contributed by atoms with van der Waals surface area (Å²) in [6.45, 7) is 19.9. The summed E-state index contributed by atoms with van der Waals surface area (Å²) in [5, 5.41) is 10.6. The molecule has 0 aromatic heterocycles. The Balaban J connectivity index is 1.55. The summed E-state index contributed by atoms with van der Waals surface area (Å²) in [5.74, 6) is 6.36. The normalized spacial score (nSPS) is 48.6. The Morgan fingerprint density at radius 1 is 0.935 bits per heavy atom. The van der Waals surface area contributed by atoms with Crippen molar-refractivity contribution in [1.29, 1.82) is 0 Å². The third kappa shape index (κ3) is 3.77. The number of allylic oxidation sites excluding steroid dienone is 2. The average Bonchev–Trinajstić information content (AvgIpc) is 3.07. The van der Waals surface area contributed by atoms with Gasteiger partial charge in [-0.3, -0.25) is 0 Å². The third-order valence-electron chi connectivity index (χ3n) is 12.0. The van der Waals surface area contributed by atoms with Crippen molar-refractivity contribution in [3.63, 3.8) is 0 Å². The molecule has 31 heavy (non-hydrogen) atoms. The van der Waals surface area contributed by atoms with Crippen molar-refractivity contribution in [2.24, 2.45) is 58.2 Å². The van der Waals surface area contributed by atoms with Crippen LogP contribution < -0.4 is 0 Å². The molecule has 0 aromatic carbocycles. The number of hydrogen-bond acceptors (Lipinski definition) is 1. The first kappa shape index (κ1) is 23.8. The number of aliphatic hydroxyl groups is 1. The fourth-order valence-electron chi connectivity index (χ4n) is 9.67. The van der Waals surface area contributed by atoms with Gasteiger partial charge in [-0.2, -0.15) is 0 Å². The molecule has 4 saturated carbocycles. The van der Waals surface area contributed by atoms with E-state index in [9.17, 15) is 5.11 Å². The zero-order chi connectivity index (χ0) is 22.7. The first-order valence-corrected chi connectivity index (χ1v) is 13.9. The van der Waals surface area contributed by atoms with E-state index in [1.807, 2.05) is 5.57 Å². The van der Waals surface area contributed by atoms with E-state index in [1.54, 1.807) is 5.57 Å². The summed E-state index contributed by atoms with van der Waals surface area (Å²) in [6, 6.07) is 0. The highest BCUT2D eigenvalue weighted by Crippen LogP contribution is 2.68. The van der Waals surface area contributed by atoms with Gasteiger partial charge in [0.2, 0.25) is 0 Å². The third-order valence-corrected chi connectivity index (χ3v) is 12.0. The minimum absolute atomic E-state index is 0.0534. The minimum Gasteiger partial charge on any atom is -0.393 e. The SMILES string of the molecule is C/C(C[C@@H](C)[C@H](C)C(C)C)=C1/CC[C@H]2[C@@H]3CC[C@H]4[C@H](C)[C@@H](O)CC[C@]4(C)[C@H]3CC[C@]12C. The van der Waals surface area contributed by atoms with Crippen LogP contribution in [0.2, 0.25) is 0 Å². The molecule has 0 spiro atoms. The van der Waals surface area contributed by atoms with Gasteiger partial charge >= 0.3 is 0 Å². The van der Waals surface area contributed by atoms with Gasteiger partial charge in [-0.1, -0.05) is 59.6 Å². The molecule has 0 radical (unpaired) electrons. The lowest BCUT2D eigenvalue weighted by molar-refractivity contribution is -0.140. The Hall–Kier alpha value is -0.300. The number of hydrogen-bond donors (Lipinski definition) is 1. The summed E-state index contributed by atoms with van der Waals surface area (Å²) in [6.07, 6.45) is 12.0. The van der Waals surface area contributed by atoms with Gasteiger partial charge in [0.05, 0.1) is 6.10 Å². The minimum atomic E-state index is -0.0534. The summed E-state index contributed by atoms with van der Waals surface area (Å²) in [7, 11) is 0. The van der Waals surface area contributed by atoms with Crippen molar-refractivity contribution in [3.8, 4) is 0 Å². The lowest BCUT2D eigenvalue weighted by Crippen LogP contribution is -2.55. The molecule has 0 saturated heterocycles. The standard InChI is InChI=1S/C30H52O/c1-18(2)21(5)19(3)17-20(4)24-11-12-26-23-9-10-25-22(6)28(31)14-16-30(25,8)27(23)13-15-29(24,26)7/h18-19,21-23,25-28,31H,9-17H2,1-8H3/b24-20+/t19-,21-,22+,23+,25+,26+,27+,28+,29-,30+/m1/s1. The molecule has 1 N–H and O–H groups in total. The van der Waals surface area contributed by atoms with Gasteiger partial charge in [-0.15, -0.1) is 0 Å². The monoisotopic (exact) mass is 428 g/mol. The van der Waals surface area contributed by atoms with E-state index >= 15 is 0 Å². The van der Waals surface area contributed by atoms with Gasteiger partial charge in [-0.25, -0.2) is 0 Å². The smallest absolute Gasteiger partial charge is 0.0568 e. The molecule has 178 valence electrons. The van der Waals surface area contributed by atoms with Crippen molar-refractivity contribution in [3.05, 3.63) is 11.1 Å². The summed E-state index contributed by atoms with van der Waals surface area (Å²) < 4.78 is 0. The average molecular weight is 429 g/mol. The van der Waals surface area contributed by atoms with Crippen molar-refractivity contribution in [1.82, 2.24) is 0 Å². The van der Waals surface area contributed by atoms with Crippen molar-refractivity contribution in [2.75, 3.05) is 0 Å². The van der Waals surface area contributed by atoms with E-state index in [4.69, 9.17) is 0 Å². The van der Waals surface area contributed by atoms with Crippen molar-refractivity contribution in [2.45, 2.75) is 119 Å². The number of fused-ring (bicyclic) bond motifs is 5. The highest BCUT2D eigenvalue weighted by atomic mass is 16.3. The molecular weight excluding hydrogens is 376 g/mol. The fourth-order valence-corrected chi connectivity index (χ4v) is 9.67. The van der Waals surface area contributed by atoms with E-state index in [2.05, 4.69) is 55.4 Å². The van der Waals surface area contributed by atoms with Gasteiger partial charge in [0.25, 0.3) is 0 Å². The largest absolute Gasteiger partial charge is 0.393 e. The maximum Gasteiger partial charge on any atom is 0.0568 e. The summed E-state index contributed by atoms with van der Waals surface area (Å²) in [5.41, 5.74) is 4.57. The second kappa shape index (κ2) is 8.48. The Bertz CT molecular complexity index is 691. The second-order valence-corrected chi connectivity index (χ2v) is 13.6. The molecular formula is C30H52O. The highest BCUT2D eigenvalue weighted by Gasteiger charge is 2.60. The van der Waals surface area contributed by atoms with Crippen LogP contribution in [0, 0.1) is 58.2 Å². The predicted octanol–water partition coefficient (Wildman–Crippen LogP) is 8.27. The maximum absolute atomic E-state index is 10.6.